The van der Waals surface area contributed by atoms with Crippen LogP contribution in [0.15, 0.2) is 41.6 Å². The van der Waals surface area contributed by atoms with Gasteiger partial charge in [0.2, 0.25) is 0 Å². The van der Waals surface area contributed by atoms with Gasteiger partial charge < -0.3 is 4.84 Å². The monoisotopic (exact) mass is 257 g/mol. The first-order chi connectivity index (χ1) is 9.06. The predicted octanol–water partition coefficient (Wildman–Crippen LogP) is 3.46. The van der Waals surface area contributed by atoms with Gasteiger partial charge in [0.25, 0.3) is 0 Å². The van der Waals surface area contributed by atoms with Crippen molar-refractivity contribution in [3.05, 3.63) is 53.1 Å². The Bertz CT molecular complexity index is 528. The lowest BCUT2D eigenvalue weighted by Gasteiger charge is -2.05. The summed E-state index contributed by atoms with van der Waals surface area (Å²) in [5.74, 6) is -0.0492. The van der Waals surface area contributed by atoms with E-state index in [1.807, 2.05) is 38.1 Å². The Labute approximate surface area is 114 Å². The lowest BCUT2D eigenvalue weighted by Crippen LogP contribution is -1.99. The number of benzene rings is 1. The molecule has 0 saturated heterocycles. The van der Waals surface area contributed by atoms with Gasteiger partial charge in [0.15, 0.2) is 5.78 Å². The standard InChI is InChI=1S/C16H19NO2/c1-5-9-19-17-11-16(14(4)18)10-15-8-6-7-12(2)13(15)3/h5-8,10-11H,1,9H2,2-4H3/b16-10+,17-11+. The highest BCUT2D eigenvalue weighted by Crippen LogP contribution is 2.16. The van der Waals surface area contributed by atoms with Gasteiger partial charge in [-0.15, -0.1) is 0 Å². The van der Waals surface area contributed by atoms with Gasteiger partial charge >= 0.3 is 0 Å². The normalized spacial score (nSPS) is 11.6. The quantitative estimate of drug-likeness (QED) is 0.257. The average Bonchev–Trinajstić information content (AvgIpc) is 2.37. The SMILES string of the molecule is C=CCO/N=C/C(=C\c1cccc(C)c1C)C(C)=O. The van der Waals surface area contributed by atoms with Crippen molar-refractivity contribution < 1.29 is 9.63 Å². The van der Waals surface area contributed by atoms with Crippen molar-refractivity contribution in [3.63, 3.8) is 0 Å². The summed E-state index contributed by atoms with van der Waals surface area (Å²) in [7, 11) is 0. The van der Waals surface area contributed by atoms with Crippen LogP contribution in [0.2, 0.25) is 0 Å². The third-order valence-electron chi connectivity index (χ3n) is 2.82. The maximum Gasteiger partial charge on any atom is 0.161 e. The lowest BCUT2D eigenvalue weighted by atomic mass is 10.0. The van der Waals surface area contributed by atoms with E-state index in [2.05, 4.69) is 11.7 Å². The third-order valence-corrected chi connectivity index (χ3v) is 2.82. The number of Topliss-reactive ketones (excluding diaryl/α,β-unsaturated/α-hetero) is 1. The number of carbonyl (C=O) groups is 1. The van der Waals surface area contributed by atoms with E-state index in [9.17, 15) is 4.79 Å². The lowest BCUT2D eigenvalue weighted by molar-refractivity contribution is -0.113. The molecule has 0 N–H and O–H groups in total. The molecule has 0 aliphatic heterocycles. The first-order valence-corrected chi connectivity index (χ1v) is 6.11. The van der Waals surface area contributed by atoms with Crippen LogP contribution < -0.4 is 0 Å². The Morgan fingerprint density at radius 3 is 2.79 bits per heavy atom. The molecule has 19 heavy (non-hydrogen) atoms. The summed E-state index contributed by atoms with van der Waals surface area (Å²) in [5, 5.41) is 3.75. The molecule has 0 aromatic heterocycles. The van der Waals surface area contributed by atoms with Crippen LogP contribution in [0.5, 0.6) is 0 Å². The molecule has 0 atom stereocenters. The second kappa shape index (κ2) is 7.31. The second-order valence-electron chi connectivity index (χ2n) is 4.26. The maximum absolute atomic E-state index is 11.6. The molecule has 0 amide bonds. The van der Waals surface area contributed by atoms with E-state index < -0.39 is 0 Å². The van der Waals surface area contributed by atoms with E-state index in [1.54, 1.807) is 6.08 Å². The third kappa shape index (κ3) is 4.54. The number of aryl methyl sites for hydroxylation is 1. The molecule has 3 heteroatoms. The molecule has 0 saturated carbocycles. The van der Waals surface area contributed by atoms with Crippen LogP contribution in [-0.2, 0) is 9.63 Å². The van der Waals surface area contributed by atoms with Crippen LogP contribution in [0.25, 0.3) is 6.08 Å². The number of carbonyl (C=O) groups excluding carboxylic acids is 1. The summed E-state index contributed by atoms with van der Waals surface area (Å²) in [5.41, 5.74) is 3.87. The van der Waals surface area contributed by atoms with Crippen molar-refractivity contribution in [1.82, 2.24) is 0 Å². The van der Waals surface area contributed by atoms with Crippen LogP contribution >= 0.6 is 0 Å². The Kier molecular flexibility index (Phi) is 5.73. The minimum Gasteiger partial charge on any atom is -0.392 e. The summed E-state index contributed by atoms with van der Waals surface area (Å²) in [6, 6.07) is 5.99. The minimum atomic E-state index is -0.0492. The first kappa shape index (κ1) is 14.9. The van der Waals surface area contributed by atoms with Crippen LogP contribution in [-0.4, -0.2) is 18.6 Å². The molecule has 0 aliphatic rings. The number of ketones is 1. The number of rotatable bonds is 6. The molecule has 0 aliphatic carbocycles. The van der Waals surface area contributed by atoms with Gasteiger partial charge in [-0.2, -0.15) is 0 Å². The summed E-state index contributed by atoms with van der Waals surface area (Å²) in [6.45, 7) is 9.43. The van der Waals surface area contributed by atoms with E-state index in [0.717, 1.165) is 11.1 Å². The topological polar surface area (TPSA) is 38.7 Å². The Morgan fingerprint density at radius 1 is 1.42 bits per heavy atom. The van der Waals surface area contributed by atoms with Crippen LogP contribution in [0.4, 0.5) is 0 Å². The molecule has 0 heterocycles. The van der Waals surface area contributed by atoms with E-state index in [0.29, 0.717) is 12.2 Å². The van der Waals surface area contributed by atoms with Gasteiger partial charge in [-0.1, -0.05) is 36.0 Å². The van der Waals surface area contributed by atoms with Crippen molar-refractivity contribution in [1.29, 1.82) is 0 Å². The largest absolute Gasteiger partial charge is 0.392 e. The zero-order valence-corrected chi connectivity index (χ0v) is 11.6. The molecule has 1 aromatic rings. The molecule has 0 fully saturated rings. The first-order valence-electron chi connectivity index (χ1n) is 6.11. The molecule has 1 aromatic carbocycles. The van der Waals surface area contributed by atoms with Crippen molar-refractivity contribution in [2.75, 3.05) is 6.61 Å². The molecule has 0 spiro atoms. The highest BCUT2D eigenvalue weighted by Gasteiger charge is 2.04. The van der Waals surface area contributed by atoms with E-state index >= 15 is 0 Å². The summed E-state index contributed by atoms with van der Waals surface area (Å²) in [6.07, 6.45) is 4.86. The van der Waals surface area contributed by atoms with Crippen molar-refractivity contribution in [2.24, 2.45) is 5.16 Å². The summed E-state index contributed by atoms with van der Waals surface area (Å²) in [4.78, 5) is 16.5. The molecule has 1 rings (SSSR count). The molecule has 0 bridgehead atoms. The van der Waals surface area contributed by atoms with Gasteiger partial charge in [-0.05, 0) is 43.5 Å². The van der Waals surface area contributed by atoms with Gasteiger partial charge in [-0.3, -0.25) is 4.79 Å². The summed E-state index contributed by atoms with van der Waals surface area (Å²) >= 11 is 0. The van der Waals surface area contributed by atoms with E-state index in [4.69, 9.17) is 4.84 Å². The number of nitrogens with zero attached hydrogens (tertiary/aromatic N) is 1. The molecule has 0 radical (unpaired) electrons. The zero-order valence-electron chi connectivity index (χ0n) is 11.6. The van der Waals surface area contributed by atoms with Gasteiger partial charge in [-0.25, -0.2) is 0 Å². The van der Waals surface area contributed by atoms with E-state index in [-0.39, 0.29) is 5.78 Å². The van der Waals surface area contributed by atoms with Crippen molar-refractivity contribution >= 4 is 18.1 Å². The van der Waals surface area contributed by atoms with Crippen LogP contribution in [0.1, 0.15) is 23.6 Å². The smallest absolute Gasteiger partial charge is 0.161 e. The summed E-state index contributed by atoms with van der Waals surface area (Å²) < 4.78 is 0. The zero-order chi connectivity index (χ0) is 14.3. The second-order valence-corrected chi connectivity index (χ2v) is 4.26. The Morgan fingerprint density at radius 2 is 2.16 bits per heavy atom. The number of hydrogen-bond donors (Lipinski definition) is 0. The highest BCUT2D eigenvalue weighted by atomic mass is 16.6. The van der Waals surface area contributed by atoms with Crippen LogP contribution in [0, 0.1) is 13.8 Å². The Hall–Kier alpha value is -2.16. The van der Waals surface area contributed by atoms with Crippen molar-refractivity contribution in [3.8, 4) is 0 Å². The minimum absolute atomic E-state index is 0.0492. The fraction of sp³-hybridized carbons (Fsp3) is 0.250. The number of allylic oxidation sites excluding steroid dienone is 1. The molecule has 100 valence electrons. The fourth-order valence-corrected chi connectivity index (χ4v) is 1.52. The predicted molar refractivity (Wildman–Crippen MR) is 79.2 cm³/mol. The van der Waals surface area contributed by atoms with Gasteiger partial charge in [0.05, 0.1) is 6.21 Å². The Balaban J connectivity index is 3.01. The highest BCUT2D eigenvalue weighted by molar-refractivity contribution is 6.15. The maximum atomic E-state index is 11.6. The average molecular weight is 257 g/mol. The van der Waals surface area contributed by atoms with Gasteiger partial charge in [0.1, 0.15) is 6.61 Å². The van der Waals surface area contributed by atoms with Crippen LogP contribution in [0.3, 0.4) is 0 Å². The van der Waals surface area contributed by atoms with E-state index in [1.165, 1.54) is 18.7 Å². The van der Waals surface area contributed by atoms with Crippen molar-refractivity contribution in [2.45, 2.75) is 20.8 Å². The number of oxime groups is 1. The number of hydrogen-bond acceptors (Lipinski definition) is 3. The molecular formula is C16H19NO2. The fourth-order valence-electron chi connectivity index (χ4n) is 1.52. The molecule has 0 unspecified atom stereocenters. The molecule has 3 nitrogen and oxygen atoms in total. The molecular weight excluding hydrogens is 238 g/mol. The van der Waals surface area contributed by atoms with Gasteiger partial charge in [0, 0.05) is 5.57 Å².